The molecule has 0 unspecified atom stereocenters. The molecule has 0 spiro atoms. The zero-order valence-corrected chi connectivity index (χ0v) is 8.48. The predicted molar refractivity (Wildman–Crippen MR) is 41.3 cm³/mol. The Bertz CT molecular complexity index is 201. The molecule has 0 aromatic heterocycles. The zero-order chi connectivity index (χ0) is 7.40. The molecule has 0 N–H and O–H groups in total. The first kappa shape index (κ1) is 7.83. The number of allylic oxidation sites excluding steroid dienone is 4. The number of hydrogen-bond acceptors (Lipinski definition) is 0. The molecule has 1 heteroatoms. The van der Waals surface area contributed by atoms with Gasteiger partial charge in [-0.05, 0) is 0 Å². The van der Waals surface area contributed by atoms with E-state index in [0.717, 1.165) is 0 Å². The standard InChI is InChI=1S/C7H5.2CH3.Pt/c1-2-7-5-3-4-6-7;;;/h3-7H;2*1H3;. The molecule has 1 rings (SSSR count). The van der Waals surface area contributed by atoms with Gasteiger partial charge in [0.05, 0.1) is 0 Å². The van der Waals surface area contributed by atoms with E-state index in [1.54, 1.807) is 0 Å². The third-order valence-electron chi connectivity index (χ3n) is 1.12. The van der Waals surface area contributed by atoms with E-state index in [1.165, 1.54) is 0 Å². The summed E-state index contributed by atoms with van der Waals surface area (Å²) in [6, 6.07) is 0. The Hall–Kier alpha value is -0.272. The Labute approximate surface area is 68.6 Å². The molecule has 0 aliphatic heterocycles. The molecule has 0 radical (unpaired) electrons. The molecule has 10 heavy (non-hydrogen) atoms. The second kappa shape index (κ2) is 3.79. The summed E-state index contributed by atoms with van der Waals surface area (Å²) in [6.45, 7) is 0. The molecule has 0 bridgehead atoms. The van der Waals surface area contributed by atoms with Crippen molar-refractivity contribution in [3.05, 3.63) is 24.3 Å². The van der Waals surface area contributed by atoms with E-state index >= 15 is 0 Å². The Morgan fingerprint density at radius 2 is 1.80 bits per heavy atom. The van der Waals surface area contributed by atoms with E-state index in [0.29, 0.717) is 5.92 Å². The van der Waals surface area contributed by atoms with Crippen LogP contribution in [0.1, 0.15) is 0 Å². The normalized spacial score (nSPS) is 16.8. The van der Waals surface area contributed by atoms with Crippen LogP contribution in [0.15, 0.2) is 24.3 Å². The van der Waals surface area contributed by atoms with Crippen molar-refractivity contribution in [3.63, 3.8) is 0 Å². The molecular weight excluding hydrogens is 303 g/mol. The van der Waals surface area contributed by atoms with Gasteiger partial charge in [0.15, 0.2) is 0 Å². The Morgan fingerprint density at radius 3 is 2.30 bits per heavy atom. The van der Waals surface area contributed by atoms with Crippen molar-refractivity contribution in [1.29, 1.82) is 0 Å². The SMILES string of the molecule is [CH3][Pt]([CH3])[C]#CC1C=CC=C1. The summed E-state index contributed by atoms with van der Waals surface area (Å²) < 4.78 is 3.29. The van der Waals surface area contributed by atoms with E-state index in [-0.39, 0.29) is 0 Å². The molecule has 1 aliphatic carbocycles. The number of hydrogen-bond donors (Lipinski definition) is 0. The van der Waals surface area contributed by atoms with E-state index in [4.69, 9.17) is 0 Å². The summed E-state index contributed by atoms with van der Waals surface area (Å²) in [5.74, 6) is 3.64. The van der Waals surface area contributed by atoms with Crippen LogP contribution in [0.4, 0.5) is 0 Å². The minimum absolute atomic E-state index is 0.417. The van der Waals surface area contributed by atoms with Gasteiger partial charge in [0, 0.05) is 0 Å². The van der Waals surface area contributed by atoms with Crippen LogP contribution < -0.4 is 0 Å². The van der Waals surface area contributed by atoms with Gasteiger partial charge < -0.3 is 0 Å². The minimum atomic E-state index is -0.808. The Morgan fingerprint density at radius 1 is 1.20 bits per heavy atom. The maximum atomic E-state index is 3.29. The van der Waals surface area contributed by atoms with Crippen LogP contribution in [0, 0.1) is 16.1 Å². The van der Waals surface area contributed by atoms with Gasteiger partial charge in [0.25, 0.3) is 0 Å². The predicted octanol–water partition coefficient (Wildman–Crippen LogP) is 2.40. The van der Waals surface area contributed by atoms with Crippen molar-refractivity contribution in [1.82, 2.24) is 0 Å². The monoisotopic (exact) mass is 314 g/mol. The van der Waals surface area contributed by atoms with Gasteiger partial charge in [-0.2, -0.15) is 0 Å². The van der Waals surface area contributed by atoms with E-state index in [2.05, 4.69) is 45.2 Å². The second-order valence-electron chi connectivity index (χ2n) is 2.15. The van der Waals surface area contributed by atoms with E-state index in [9.17, 15) is 0 Å². The van der Waals surface area contributed by atoms with Crippen molar-refractivity contribution >= 4 is 0 Å². The molecule has 0 nitrogen and oxygen atoms in total. The molecule has 0 fully saturated rings. The molecule has 0 heterocycles. The fourth-order valence-electron chi connectivity index (χ4n) is 0.672. The van der Waals surface area contributed by atoms with Crippen LogP contribution in [0.3, 0.4) is 0 Å². The second-order valence-corrected chi connectivity index (χ2v) is 7.26. The molecule has 0 aromatic carbocycles. The molecule has 0 aromatic rings. The zero-order valence-electron chi connectivity index (χ0n) is 6.20. The van der Waals surface area contributed by atoms with Crippen molar-refractivity contribution in [2.75, 3.05) is 0 Å². The Kier molecular flexibility index (Phi) is 2.97. The summed E-state index contributed by atoms with van der Waals surface area (Å²) >= 11 is -0.808. The average molecular weight is 314 g/mol. The first-order valence-electron chi connectivity index (χ1n) is 3.00. The molecule has 57 valence electrons. The summed E-state index contributed by atoms with van der Waals surface area (Å²) in [5.41, 5.74) is 0. The maximum absolute atomic E-state index is 3.29. The van der Waals surface area contributed by atoms with Crippen molar-refractivity contribution in [2.45, 2.75) is 10.6 Å². The van der Waals surface area contributed by atoms with Gasteiger partial charge in [-0.15, -0.1) is 0 Å². The Balaban J connectivity index is 2.47. The van der Waals surface area contributed by atoms with E-state index in [1.807, 2.05) is 0 Å². The fourth-order valence-corrected chi connectivity index (χ4v) is 1.71. The molecule has 0 atom stereocenters. The van der Waals surface area contributed by atoms with Crippen LogP contribution >= 0.6 is 0 Å². The average Bonchev–Trinajstić information content (AvgIpc) is 2.34. The topological polar surface area (TPSA) is 0 Å². The van der Waals surface area contributed by atoms with Crippen molar-refractivity contribution < 1.29 is 17.3 Å². The fraction of sp³-hybridized carbons (Fsp3) is 0.333. The van der Waals surface area contributed by atoms with Crippen molar-refractivity contribution in [2.24, 2.45) is 5.92 Å². The van der Waals surface area contributed by atoms with Gasteiger partial charge >= 0.3 is 68.4 Å². The van der Waals surface area contributed by atoms with Crippen LogP contribution in [0.5, 0.6) is 0 Å². The van der Waals surface area contributed by atoms with Gasteiger partial charge in [-0.3, -0.25) is 0 Å². The summed E-state index contributed by atoms with van der Waals surface area (Å²) in [6.07, 6.45) is 8.38. The molecule has 0 saturated carbocycles. The molecule has 0 amide bonds. The third kappa shape index (κ3) is 2.54. The quantitative estimate of drug-likeness (QED) is 0.602. The first-order chi connectivity index (χ1) is 4.79. The first-order valence-corrected chi connectivity index (χ1v) is 8.68. The van der Waals surface area contributed by atoms with E-state index < -0.39 is 17.3 Å². The molecule has 0 saturated heterocycles. The van der Waals surface area contributed by atoms with Crippen molar-refractivity contribution in [3.8, 4) is 10.2 Å². The summed E-state index contributed by atoms with van der Waals surface area (Å²) in [7, 11) is 0. The van der Waals surface area contributed by atoms with Gasteiger partial charge in [0.2, 0.25) is 0 Å². The molecular formula is C9H11Pt. The summed E-state index contributed by atoms with van der Waals surface area (Å²) in [4.78, 5) is 0. The third-order valence-corrected chi connectivity index (χ3v) is 2.58. The van der Waals surface area contributed by atoms with Gasteiger partial charge in [0.1, 0.15) is 0 Å². The van der Waals surface area contributed by atoms with Crippen LogP contribution in [0.2, 0.25) is 10.6 Å². The van der Waals surface area contributed by atoms with Gasteiger partial charge in [-0.25, -0.2) is 0 Å². The van der Waals surface area contributed by atoms with Crippen LogP contribution in [-0.4, -0.2) is 0 Å². The van der Waals surface area contributed by atoms with Crippen LogP contribution in [0.25, 0.3) is 0 Å². The molecule has 1 aliphatic rings. The van der Waals surface area contributed by atoms with Crippen LogP contribution in [-0.2, 0) is 17.3 Å². The van der Waals surface area contributed by atoms with Gasteiger partial charge in [-0.1, -0.05) is 0 Å². The number of rotatable bonds is 0. The summed E-state index contributed by atoms with van der Waals surface area (Å²) in [5, 5.41) is 4.53.